The van der Waals surface area contributed by atoms with Gasteiger partial charge in [0.05, 0.1) is 0 Å². The third-order valence-electron chi connectivity index (χ3n) is 3.16. The van der Waals surface area contributed by atoms with Crippen LogP contribution in [-0.2, 0) is 14.3 Å². The number of para-hydroxylation sites is 1. The molecule has 0 radical (unpaired) electrons. The van der Waals surface area contributed by atoms with Crippen LogP contribution in [0.5, 0.6) is 5.75 Å². The van der Waals surface area contributed by atoms with E-state index in [0.717, 1.165) is 0 Å². The molecular formula is C18H18FNO4. The SMILES string of the molecule is C[C@@H](OC(=O)[C@@H](C)Oc1ccccc1)C(=O)Nc1ccc(F)cc1. The maximum atomic E-state index is 12.8. The molecule has 2 aromatic carbocycles. The van der Waals surface area contributed by atoms with Crippen LogP contribution in [0.15, 0.2) is 54.6 Å². The molecule has 1 amide bonds. The summed E-state index contributed by atoms with van der Waals surface area (Å²) in [5.41, 5.74) is 0.415. The van der Waals surface area contributed by atoms with E-state index < -0.39 is 29.9 Å². The highest BCUT2D eigenvalue weighted by Crippen LogP contribution is 2.13. The van der Waals surface area contributed by atoms with Crippen molar-refractivity contribution in [1.29, 1.82) is 0 Å². The molecule has 24 heavy (non-hydrogen) atoms. The molecule has 2 atom stereocenters. The quantitative estimate of drug-likeness (QED) is 0.826. The lowest BCUT2D eigenvalue weighted by Gasteiger charge is -2.17. The fourth-order valence-corrected chi connectivity index (χ4v) is 1.85. The smallest absolute Gasteiger partial charge is 0.347 e. The number of anilines is 1. The Hall–Kier alpha value is -2.89. The zero-order chi connectivity index (χ0) is 17.5. The Labute approximate surface area is 139 Å². The van der Waals surface area contributed by atoms with Crippen LogP contribution in [0, 0.1) is 5.82 Å². The molecule has 6 heteroatoms. The molecule has 0 saturated heterocycles. The van der Waals surface area contributed by atoms with Gasteiger partial charge in [0.25, 0.3) is 5.91 Å². The van der Waals surface area contributed by atoms with Gasteiger partial charge in [-0.2, -0.15) is 0 Å². The predicted octanol–water partition coefficient (Wildman–Crippen LogP) is 3.16. The predicted molar refractivity (Wildman–Crippen MR) is 87.1 cm³/mol. The summed E-state index contributed by atoms with van der Waals surface area (Å²) >= 11 is 0. The summed E-state index contributed by atoms with van der Waals surface area (Å²) in [6, 6.07) is 14.1. The minimum absolute atomic E-state index is 0.403. The Bertz CT molecular complexity index is 688. The molecule has 2 aromatic rings. The summed E-state index contributed by atoms with van der Waals surface area (Å²) in [7, 11) is 0. The number of hydrogen-bond acceptors (Lipinski definition) is 4. The lowest BCUT2D eigenvalue weighted by atomic mass is 10.3. The van der Waals surface area contributed by atoms with Gasteiger partial charge in [0.15, 0.2) is 12.2 Å². The third-order valence-corrected chi connectivity index (χ3v) is 3.16. The number of carbonyl (C=O) groups excluding carboxylic acids is 2. The fourth-order valence-electron chi connectivity index (χ4n) is 1.85. The number of nitrogens with one attached hydrogen (secondary N) is 1. The number of ether oxygens (including phenoxy) is 2. The molecule has 0 aromatic heterocycles. The maximum absolute atomic E-state index is 12.8. The van der Waals surface area contributed by atoms with Gasteiger partial charge in [-0.15, -0.1) is 0 Å². The Morgan fingerprint density at radius 3 is 2.21 bits per heavy atom. The number of amides is 1. The molecule has 0 fully saturated rings. The van der Waals surface area contributed by atoms with Gasteiger partial charge in [0.2, 0.25) is 0 Å². The summed E-state index contributed by atoms with van der Waals surface area (Å²) in [6.45, 7) is 2.99. The van der Waals surface area contributed by atoms with Gasteiger partial charge in [-0.3, -0.25) is 4.79 Å². The van der Waals surface area contributed by atoms with E-state index >= 15 is 0 Å². The van der Waals surface area contributed by atoms with Crippen LogP contribution in [0.2, 0.25) is 0 Å². The average molecular weight is 331 g/mol. The van der Waals surface area contributed by atoms with Crippen LogP contribution in [0.25, 0.3) is 0 Å². The van der Waals surface area contributed by atoms with E-state index in [2.05, 4.69) is 5.32 Å². The highest BCUT2D eigenvalue weighted by Gasteiger charge is 2.23. The van der Waals surface area contributed by atoms with E-state index in [4.69, 9.17) is 9.47 Å². The average Bonchev–Trinajstić information content (AvgIpc) is 2.57. The zero-order valence-corrected chi connectivity index (χ0v) is 13.4. The molecule has 0 aliphatic heterocycles. The summed E-state index contributed by atoms with van der Waals surface area (Å²) in [6.07, 6.45) is -1.86. The molecular weight excluding hydrogens is 313 g/mol. The highest BCUT2D eigenvalue weighted by atomic mass is 19.1. The number of rotatable bonds is 6. The van der Waals surface area contributed by atoms with Gasteiger partial charge in [-0.25, -0.2) is 9.18 Å². The van der Waals surface area contributed by atoms with E-state index in [1.807, 2.05) is 6.07 Å². The number of hydrogen-bond donors (Lipinski definition) is 1. The molecule has 0 unspecified atom stereocenters. The number of esters is 1. The first-order valence-corrected chi connectivity index (χ1v) is 7.44. The Morgan fingerprint density at radius 2 is 1.58 bits per heavy atom. The summed E-state index contributed by atoms with van der Waals surface area (Å²) in [4.78, 5) is 24.0. The van der Waals surface area contributed by atoms with Gasteiger partial charge in [-0.05, 0) is 50.2 Å². The second-order valence-electron chi connectivity index (χ2n) is 5.15. The van der Waals surface area contributed by atoms with Crippen molar-refractivity contribution in [3.05, 3.63) is 60.4 Å². The molecule has 5 nitrogen and oxygen atoms in total. The van der Waals surface area contributed by atoms with Crippen LogP contribution >= 0.6 is 0 Å². The van der Waals surface area contributed by atoms with E-state index in [1.54, 1.807) is 31.2 Å². The van der Waals surface area contributed by atoms with Crippen molar-refractivity contribution in [2.24, 2.45) is 0 Å². The molecule has 2 rings (SSSR count). The van der Waals surface area contributed by atoms with Crippen molar-refractivity contribution in [2.75, 3.05) is 5.32 Å². The van der Waals surface area contributed by atoms with E-state index in [9.17, 15) is 14.0 Å². The molecule has 0 heterocycles. The van der Waals surface area contributed by atoms with E-state index in [-0.39, 0.29) is 0 Å². The van der Waals surface area contributed by atoms with Crippen LogP contribution in [0.3, 0.4) is 0 Å². The normalized spacial score (nSPS) is 12.8. The van der Waals surface area contributed by atoms with Crippen molar-refractivity contribution in [2.45, 2.75) is 26.1 Å². The third kappa shape index (κ3) is 5.08. The van der Waals surface area contributed by atoms with Gasteiger partial charge < -0.3 is 14.8 Å². The molecule has 0 saturated carbocycles. The van der Waals surface area contributed by atoms with Crippen LogP contribution < -0.4 is 10.1 Å². The highest BCUT2D eigenvalue weighted by molar-refractivity contribution is 5.95. The Balaban J connectivity index is 1.85. The van der Waals surface area contributed by atoms with Crippen molar-refractivity contribution < 1.29 is 23.5 Å². The van der Waals surface area contributed by atoms with Gasteiger partial charge in [0.1, 0.15) is 11.6 Å². The number of benzene rings is 2. The second-order valence-corrected chi connectivity index (χ2v) is 5.15. The second kappa shape index (κ2) is 8.10. The van der Waals surface area contributed by atoms with Crippen molar-refractivity contribution in [3.63, 3.8) is 0 Å². The van der Waals surface area contributed by atoms with Gasteiger partial charge >= 0.3 is 5.97 Å². The van der Waals surface area contributed by atoms with Crippen molar-refractivity contribution in [3.8, 4) is 5.75 Å². The van der Waals surface area contributed by atoms with Crippen molar-refractivity contribution >= 4 is 17.6 Å². The molecule has 126 valence electrons. The van der Waals surface area contributed by atoms with Crippen LogP contribution in [0.4, 0.5) is 10.1 Å². The first-order valence-electron chi connectivity index (χ1n) is 7.44. The Morgan fingerprint density at radius 1 is 0.958 bits per heavy atom. The summed E-state index contributed by atoms with van der Waals surface area (Å²) < 4.78 is 23.4. The zero-order valence-electron chi connectivity index (χ0n) is 13.4. The standard InChI is InChI=1S/C18H18FNO4/c1-12(17(21)20-15-10-8-14(19)9-11-15)24-18(22)13(2)23-16-6-4-3-5-7-16/h3-13H,1-2H3,(H,20,21)/t12-,13-/m1/s1. The largest absolute Gasteiger partial charge is 0.479 e. The van der Waals surface area contributed by atoms with E-state index in [1.165, 1.54) is 31.2 Å². The van der Waals surface area contributed by atoms with Crippen molar-refractivity contribution in [1.82, 2.24) is 0 Å². The lowest BCUT2D eigenvalue weighted by molar-refractivity contribution is -0.159. The first kappa shape index (κ1) is 17.5. The first-order chi connectivity index (χ1) is 11.5. The molecule has 0 bridgehead atoms. The van der Waals surface area contributed by atoms with Gasteiger partial charge in [0, 0.05) is 5.69 Å². The summed E-state index contributed by atoms with van der Waals surface area (Å²) in [5, 5.41) is 2.54. The van der Waals surface area contributed by atoms with E-state index in [0.29, 0.717) is 11.4 Å². The molecule has 1 N–H and O–H groups in total. The lowest BCUT2D eigenvalue weighted by Crippen LogP contribution is -2.35. The minimum atomic E-state index is -1.01. The topological polar surface area (TPSA) is 64.6 Å². The number of halogens is 1. The van der Waals surface area contributed by atoms with Crippen LogP contribution in [-0.4, -0.2) is 24.1 Å². The minimum Gasteiger partial charge on any atom is -0.479 e. The Kier molecular flexibility index (Phi) is 5.89. The van der Waals surface area contributed by atoms with Crippen LogP contribution in [0.1, 0.15) is 13.8 Å². The monoisotopic (exact) mass is 331 g/mol. The van der Waals surface area contributed by atoms with Gasteiger partial charge in [-0.1, -0.05) is 18.2 Å². The summed E-state index contributed by atoms with van der Waals surface area (Å²) in [5.74, 6) is -1.03. The molecule has 0 spiro atoms. The fraction of sp³-hybridized carbons (Fsp3) is 0.222. The number of carbonyl (C=O) groups is 2. The molecule has 0 aliphatic rings. The maximum Gasteiger partial charge on any atom is 0.347 e. The molecule has 0 aliphatic carbocycles.